The van der Waals surface area contributed by atoms with Crippen molar-refractivity contribution in [2.75, 3.05) is 11.8 Å². The summed E-state index contributed by atoms with van der Waals surface area (Å²) in [7, 11) is -0.529. The second-order valence-corrected chi connectivity index (χ2v) is 7.43. The molecule has 0 unspecified atom stereocenters. The molecule has 120 valence electrons. The first-order chi connectivity index (χ1) is 11.0. The summed E-state index contributed by atoms with van der Waals surface area (Å²) < 4.78 is 34.6. The van der Waals surface area contributed by atoms with Crippen molar-refractivity contribution >= 4 is 27.0 Å². The molecule has 23 heavy (non-hydrogen) atoms. The zero-order valence-electron chi connectivity index (χ0n) is 12.6. The minimum atomic E-state index is -3.76. The van der Waals surface area contributed by atoms with Crippen LogP contribution in [0.3, 0.4) is 0 Å². The highest BCUT2D eigenvalue weighted by atomic mass is 32.2. The predicted molar refractivity (Wildman–Crippen MR) is 90.3 cm³/mol. The van der Waals surface area contributed by atoms with Gasteiger partial charge in [0.25, 0.3) is 10.0 Å². The van der Waals surface area contributed by atoms with Crippen molar-refractivity contribution in [1.29, 1.82) is 0 Å². The summed E-state index contributed by atoms with van der Waals surface area (Å²) in [6, 6.07) is 10.5. The maximum atomic E-state index is 12.7. The Balaban J connectivity index is 2.00. The first kappa shape index (κ1) is 15.6. The van der Waals surface area contributed by atoms with Crippen LogP contribution < -0.4 is 9.46 Å². The number of benzene rings is 1. The molecule has 3 rings (SSSR count). The van der Waals surface area contributed by atoms with Crippen LogP contribution in [-0.2, 0) is 17.1 Å². The van der Waals surface area contributed by atoms with Gasteiger partial charge in [0.05, 0.1) is 17.7 Å². The van der Waals surface area contributed by atoms with Crippen molar-refractivity contribution in [2.24, 2.45) is 7.05 Å². The number of nitrogens with one attached hydrogen (secondary N) is 1. The Bertz CT molecular complexity index is 915. The summed E-state index contributed by atoms with van der Waals surface area (Å²) >= 11 is 1.44. The Morgan fingerprint density at radius 2 is 2.09 bits per heavy atom. The molecule has 2 aromatic heterocycles. The lowest BCUT2D eigenvalue weighted by Gasteiger charge is -2.08. The Labute approximate surface area is 138 Å². The minimum absolute atomic E-state index is 0.144. The molecule has 0 saturated carbocycles. The van der Waals surface area contributed by atoms with Gasteiger partial charge in [0.1, 0.15) is 16.3 Å². The van der Waals surface area contributed by atoms with E-state index >= 15 is 0 Å². The summed E-state index contributed by atoms with van der Waals surface area (Å²) in [4.78, 5) is 0.946. The van der Waals surface area contributed by atoms with Gasteiger partial charge in [0, 0.05) is 19.3 Å². The maximum absolute atomic E-state index is 12.7. The lowest BCUT2D eigenvalue weighted by atomic mass is 10.3. The van der Waals surface area contributed by atoms with E-state index in [-0.39, 0.29) is 4.90 Å². The maximum Gasteiger partial charge on any atom is 0.265 e. The number of aromatic nitrogens is 2. The van der Waals surface area contributed by atoms with Crippen molar-refractivity contribution < 1.29 is 13.2 Å². The van der Waals surface area contributed by atoms with Crippen LogP contribution in [0.4, 0.5) is 5.69 Å². The molecule has 0 saturated heterocycles. The molecule has 0 spiro atoms. The third-order valence-electron chi connectivity index (χ3n) is 3.16. The molecule has 0 amide bonds. The van der Waals surface area contributed by atoms with Crippen LogP contribution in [0.15, 0.2) is 52.9 Å². The number of hydrogen-bond donors (Lipinski definition) is 1. The number of ether oxygens (including phenoxy) is 1. The fourth-order valence-corrected chi connectivity index (χ4v) is 4.18. The standard InChI is InChI=1S/C15H15N3O3S2/c1-18-10-14(15(16-18)13-7-4-8-22-13)23(19,20)17-11-5-3-6-12(9-11)21-2/h3-10,17H,1-2H3. The van der Waals surface area contributed by atoms with E-state index in [0.29, 0.717) is 17.1 Å². The van der Waals surface area contributed by atoms with Gasteiger partial charge in [-0.1, -0.05) is 12.1 Å². The van der Waals surface area contributed by atoms with Gasteiger partial charge >= 0.3 is 0 Å². The largest absolute Gasteiger partial charge is 0.497 e. The Morgan fingerprint density at radius 1 is 1.26 bits per heavy atom. The monoisotopic (exact) mass is 349 g/mol. The summed E-state index contributed by atoms with van der Waals surface area (Å²) in [6.45, 7) is 0. The Morgan fingerprint density at radius 3 is 2.78 bits per heavy atom. The van der Waals surface area contributed by atoms with Gasteiger partial charge in [-0.15, -0.1) is 11.3 Å². The SMILES string of the molecule is COc1cccc(NS(=O)(=O)c2cn(C)nc2-c2cccs2)c1. The van der Waals surface area contributed by atoms with Crippen LogP contribution in [0, 0.1) is 0 Å². The second kappa shape index (κ2) is 6.05. The number of nitrogens with zero attached hydrogens (tertiary/aromatic N) is 2. The molecule has 0 bridgehead atoms. The third-order valence-corrected chi connectivity index (χ3v) is 5.42. The van der Waals surface area contributed by atoms with E-state index in [1.807, 2.05) is 17.5 Å². The number of hydrogen-bond acceptors (Lipinski definition) is 5. The molecular weight excluding hydrogens is 334 g/mol. The molecule has 3 aromatic rings. The van der Waals surface area contributed by atoms with E-state index in [9.17, 15) is 8.42 Å². The van der Waals surface area contributed by atoms with E-state index in [2.05, 4.69) is 9.82 Å². The fourth-order valence-electron chi connectivity index (χ4n) is 2.14. The summed E-state index contributed by atoms with van der Waals surface area (Å²) in [5.74, 6) is 0.579. The highest BCUT2D eigenvalue weighted by Crippen LogP contribution is 2.30. The topological polar surface area (TPSA) is 73.2 Å². The van der Waals surface area contributed by atoms with Gasteiger partial charge in [-0.2, -0.15) is 5.10 Å². The van der Waals surface area contributed by atoms with E-state index in [4.69, 9.17) is 4.74 Å². The second-order valence-electron chi connectivity index (χ2n) is 4.83. The number of rotatable bonds is 5. The van der Waals surface area contributed by atoms with Crippen LogP contribution in [0.5, 0.6) is 5.75 Å². The van der Waals surface area contributed by atoms with E-state index < -0.39 is 10.0 Å². The lowest BCUT2D eigenvalue weighted by molar-refractivity contribution is 0.415. The first-order valence-corrected chi connectivity index (χ1v) is 9.10. The highest BCUT2D eigenvalue weighted by Gasteiger charge is 2.24. The van der Waals surface area contributed by atoms with Gasteiger partial charge in [-0.3, -0.25) is 9.40 Å². The van der Waals surface area contributed by atoms with E-state index in [0.717, 1.165) is 4.88 Å². The normalized spacial score (nSPS) is 11.4. The van der Waals surface area contributed by atoms with Gasteiger partial charge in [-0.25, -0.2) is 8.42 Å². The minimum Gasteiger partial charge on any atom is -0.497 e. The molecule has 6 nitrogen and oxygen atoms in total. The van der Waals surface area contributed by atoms with Crippen LogP contribution in [0.1, 0.15) is 0 Å². The predicted octanol–water partition coefficient (Wildman–Crippen LogP) is 2.96. The molecule has 0 aliphatic heterocycles. The Kier molecular flexibility index (Phi) is 4.10. The molecule has 0 aliphatic rings. The zero-order valence-corrected chi connectivity index (χ0v) is 14.2. The molecule has 0 atom stereocenters. The van der Waals surface area contributed by atoms with Crippen molar-refractivity contribution in [3.8, 4) is 16.3 Å². The van der Waals surface area contributed by atoms with Gasteiger partial charge in [0.2, 0.25) is 0 Å². The average molecular weight is 349 g/mol. The van der Waals surface area contributed by atoms with Crippen LogP contribution >= 0.6 is 11.3 Å². The third kappa shape index (κ3) is 3.22. The van der Waals surface area contributed by atoms with Crippen molar-refractivity contribution in [2.45, 2.75) is 4.90 Å². The molecule has 1 N–H and O–H groups in total. The molecule has 0 fully saturated rings. The Hall–Kier alpha value is -2.32. The van der Waals surface area contributed by atoms with E-state index in [1.54, 1.807) is 31.3 Å². The van der Waals surface area contributed by atoms with Crippen molar-refractivity contribution in [1.82, 2.24) is 9.78 Å². The number of anilines is 1. The molecule has 0 aliphatic carbocycles. The number of sulfonamides is 1. The summed E-state index contributed by atoms with van der Waals surface area (Å²) in [5, 5.41) is 6.16. The average Bonchev–Trinajstić information content (AvgIpc) is 3.16. The zero-order chi connectivity index (χ0) is 16.4. The fraction of sp³-hybridized carbons (Fsp3) is 0.133. The molecular formula is C15H15N3O3S2. The first-order valence-electron chi connectivity index (χ1n) is 6.74. The number of aryl methyl sites for hydroxylation is 1. The molecule has 1 aromatic carbocycles. The summed E-state index contributed by atoms with van der Waals surface area (Å²) in [5.41, 5.74) is 0.878. The van der Waals surface area contributed by atoms with Crippen molar-refractivity contribution in [3.05, 3.63) is 48.0 Å². The molecule has 2 heterocycles. The van der Waals surface area contributed by atoms with E-state index in [1.165, 1.54) is 29.3 Å². The smallest absolute Gasteiger partial charge is 0.265 e. The lowest BCUT2D eigenvalue weighted by Crippen LogP contribution is -2.13. The number of thiophene rings is 1. The van der Waals surface area contributed by atoms with Gasteiger partial charge in [-0.05, 0) is 23.6 Å². The quantitative estimate of drug-likeness (QED) is 0.768. The van der Waals surface area contributed by atoms with Crippen LogP contribution in [-0.4, -0.2) is 25.3 Å². The van der Waals surface area contributed by atoms with Crippen LogP contribution in [0.2, 0.25) is 0 Å². The number of methoxy groups -OCH3 is 1. The molecule has 0 radical (unpaired) electrons. The molecule has 8 heteroatoms. The summed E-state index contributed by atoms with van der Waals surface area (Å²) in [6.07, 6.45) is 1.50. The van der Waals surface area contributed by atoms with Gasteiger partial charge in [0.15, 0.2) is 0 Å². The van der Waals surface area contributed by atoms with Gasteiger partial charge < -0.3 is 4.74 Å². The van der Waals surface area contributed by atoms with Crippen LogP contribution in [0.25, 0.3) is 10.6 Å². The highest BCUT2D eigenvalue weighted by molar-refractivity contribution is 7.92. The van der Waals surface area contributed by atoms with Crippen molar-refractivity contribution in [3.63, 3.8) is 0 Å².